The van der Waals surface area contributed by atoms with Gasteiger partial charge in [0, 0.05) is 22.7 Å². The lowest BCUT2D eigenvalue weighted by Gasteiger charge is -2.19. The molecular weight excluding hydrogens is 531 g/mol. The number of aliphatic hydroxyl groups excluding tert-OH is 1. The lowest BCUT2D eigenvalue weighted by atomic mass is 9.96. The molecule has 4 aromatic rings. The van der Waals surface area contributed by atoms with E-state index >= 15 is 0 Å². The molecule has 3 aromatic heterocycles. The van der Waals surface area contributed by atoms with E-state index in [1.165, 1.54) is 29.5 Å². The molecule has 1 aromatic carbocycles. The zero-order chi connectivity index (χ0) is 27.8. The number of amides is 1. The van der Waals surface area contributed by atoms with Gasteiger partial charge in [0.05, 0.1) is 22.4 Å². The molecule has 1 fully saturated rings. The van der Waals surface area contributed by atoms with Gasteiger partial charge in [-0.3, -0.25) is 14.5 Å². The first kappa shape index (κ1) is 26.3. The molecule has 4 N–H and O–H groups in total. The van der Waals surface area contributed by atoms with Gasteiger partial charge in [-0.15, -0.1) is 11.3 Å². The third-order valence-electron chi connectivity index (χ3n) is 7.55. The largest absolute Gasteiger partial charge is 0.393 e. The Bertz CT molecular complexity index is 1620. The number of carbonyl (C=O) groups excluding carboxylic acids is 1. The van der Waals surface area contributed by atoms with Crippen LogP contribution in [0.15, 0.2) is 53.5 Å². The Morgan fingerprint density at radius 1 is 1.18 bits per heavy atom. The number of benzene rings is 1. The van der Waals surface area contributed by atoms with Gasteiger partial charge in [0.25, 0.3) is 11.5 Å². The van der Waals surface area contributed by atoms with E-state index in [0.717, 1.165) is 41.8 Å². The summed E-state index contributed by atoms with van der Waals surface area (Å²) in [6, 6.07) is 11.8. The van der Waals surface area contributed by atoms with Crippen LogP contribution in [0.25, 0.3) is 11.3 Å². The molecule has 0 bridgehead atoms. The number of halogens is 1. The second-order valence-electron chi connectivity index (χ2n) is 10.3. The molecule has 2 aliphatic rings. The fourth-order valence-electron chi connectivity index (χ4n) is 5.37. The Hall–Kier alpha value is -3.93. The van der Waals surface area contributed by atoms with Crippen molar-refractivity contribution in [3.8, 4) is 11.3 Å². The van der Waals surface area contributed by atoms with Crippen LogP contribution >= 0.6 is 11.3 Å². The van der Waals surface area contributed by atoms with Crippen LogP contribution in [0, 0.1) is 5.82 Å². The molecule has 40 heavy (non-hydrogen) atoms. The molecule has 11 heteroatoms. The first-order valence-electron chi connectivity index (χ1n) is 13.3. The first-order valence-corrected chi connectivity index (χ1v) is 14.1. The number of carbonyl (C=O) groups is 1. The van der Waals surface area contributed by atoms with Crippen molar-refractivity contribution in [3.05, 3.63) is 85.7 Å². The van der Waals surface area contributed by atoms with Crippen LogP contribution in [-0.2, 0) is 12.8 Å². The van der Waals surface area contributed by atoms with Crippen LogP contribution in [0.1, 0.15) is 51.0 Å². The van der Waals surface area contributed by atoms with Crippen molar-refractivity contribution in [2.75, 3.05) is 24.2 Å². The molecule has 4 heterocycles. The molecule has 1 amide bonds. The number of aryl methyl sites for hydroxylation is 1. The van der Waals surface area contributed by atoms with E-state index in [-0.39, 0.29) is 11.4 Å². The zero-order valence-corrected chi connectivity index (χ0v) is 22.7. The number of rotatable bonds is 6. The average molecular weight is 561 g/mol. The Balaban J connectivity index is 1.20. The number of anilines is 3. The number of H-pyrrole nitrogens is 1. The van der Waals surface area contributed by atoms with Gasteiger partial charge in [0.2, 0.25) is 0 Å². The second-order valence-corrected chi connectivity index (χ2v) is 11.5. The predicted molar refractivity (Wildman–Crippen MR) is 153 cm³/mol. The number of nitrogens with zero attached hydrogens (tertiary/aromatic N) is 3. The fourth-order valence-corrected chi connectivity index (χ4v) is 6.48. The summed E-state index contributed by atoms with van der Waals surface area (Å²) in [7, 11) is 2.11. The highest BCUT2D eigenvalue weighted by molar-refractivity contribution is 7.14. The average Bonchev–Trinajstić information content (AvgIpc) is 3.57. The third-order valence-corrected chi connectivity index (χ3v) is 8.78. The number of likely N-dealkylation sites (tertiary alicyclic amines) is 1. The topological polar surface area (TPSA) is 123 Å². The summed E-state index contributed by atoms with van der Waals surface area (Å²) in [6.45, 7) is 1.07. The highest BCUT2D eigenvalue weighted by Crippen LogP contribution is 2.32. The molecule has 1 aliphatic heterocycles. The minimum atomic E-state index is -0.589. The summed E-state index contributed by atoms with van der Waals surface area (Å²) in [5.41, 5.74) is 2.83. The molecule has 0 saturated carbocycles. The number of hydrogen-bond acceptors (Lipinski definition) is 8. The number of pyridine rings is 1. The van der Waals surface area contributed by atoms with E-state index < -0.39 is 23.4 Å². The molecule has 206 valence electrons. The highest BCUT2D eigenvalue weighted by atomic mass is 32.1. The number of thiophene rings is 1. The van der Waals surface area contributed by atoms with Crippen LogP contribution in [0.4, 0.5) is 21.6 Å². The van der Waals surface area contributed by atoms with E-state index in [9.17, 15) is 19.1 Å². The SMILES string of the molecule is CN1CCCC1c1ccc(Nc2cc(-c3ccc(F)c(NC(=O)c4cc5c(s4)CCC(O)C5)c3)n[nH]c2=O)nc1. The molecule has 6 rings (SSSR count). The molecule has 2 atom stereocenters. The second kappa shape index (κ2) is 10.9. The van der Waals surface area contributed by atoms with Crippen molar-refractivity contribution in [1.29, 1.82) is 0 Å². The molecule has 2 unspecified atom stereocenters. The molecule has 0 spiro atoms. The van der Waals surface area contributed by atoms with Gasteiger partial charge in [-0.1, -0.05) is 6.07 Å². The van der Waals surface area contributed by atoms with E-state index in [2.05, 4.69) is 37.8 Å². The molecular formula is C29H29FN6O3S. The molecule has 1 aliphatic carbocycles. The smallest absolute Gasteiger partial charge is 0.287 e. The normalized spacial score (nSPS) is 18.9. The third kappa shape index (κ3) is 5.40. The summed E-state index contributed by atoms with van der Waals surface area (Å²) in [6.07, 6.45) is 5.60. The number of fused-ring (bicyclic) bond motifs is 1. The van der Waals surface area contributed by atoms with Crippen molar-refractivity contribution in [2.45, 2.75) is 44.2 Å². The van der Waals surface area contributed by atoms with Gasteiger partial charge in [0.15, 0.2) is 0 Å². The van der Waals surface area contributed by atoms with Gasteiger partial charge in [0.1, 0.15) is 17.3 Å². The van der Waals surface area contributed by atoms with Crippen LogP contribution in [-0.4, -0.2) is 50.8 Å². The monoisotopic (exact) mass is 560 g/mol. The fraction of sp³-hybridized carbons (Fsp3) is 0.310. The Morgan fingerprint density at radius 3 is 2.83 bits per heavy atom. The summed E-state index contributed by atoms with van der Waals surface area (Å²) in [4.78, 5) is 33.8. The maximum absolute atomic E-state index is 14.7. The minimum absolute atomic E-state index is 0.00514. The Labute approximate surface area is 234 Å². The number of hydrogen-bond donors (Lipinski definition) is 4. The summed E-state index contributed by atoms with van der Waals surface area (Å²) in [5, 5.41) is 22.2. The van der Waals surface area contributed by atoms with Gasteiger partial charge in [-0.2, -0.15) is 5.10 Å². The van der Waals surface area contributed by atoms with Crippen molar-refractivity contribution < 1.29 is 14.3 Å². The Morgan fingerprint density at radius 2 is 2.05 bits per heavy atom. The Kier molecular flexibility index (Phi) is 7.18. The maximum atomic E-state index is 14.7. The van der Waals surface area contributed by atoms with Gasteiger partial charge < -0.3 is 15.7 Å². The van der Waals surface area contributed by atoms with E-state index in [4.69, 9.17) is 0 Å². The highest BCUT2D eigenvalue weighted by Gasteiger charge is 2.24. The molecule has 0 radical (unpaired) electrons. The quantitative estimate of drug-likeness (QED) is 0.271. The van der Waals surface area contributed by atoms with E-state index in [1.807, 2.05) is 18.3 Å². The van der Waals surface area contributed by atoms with Crippen molar-refractivity contribution in [1.82, 2.24) is 20.1 Å². The first-order chi connectivity index (χ1) is 19.3. The van der Waals surface area contributed by atoms with Crippen molar-refractivity contribution in [3.63, 3.8) is 0 Å². The van der Waals surface area contributed by atoms with Crippen LogP contribution in [0.3, 0.4) is 0 Å². The molecule has 1 saturated heterocycles. The van der Waals surface area contributed by atoms with Gasteiger partial charge in [-0.25, -0.2) is 14.5 Å². The van der Waals surface area contributed by atoms with Gasteiger partial charge in [-0.05, 0) is 93.2 Å². The molecule has 9 nitrogen and oxygen atoms in total. The zero-order valence-electron chi connectivity index (χ0n) is 21.9. The van der Waals surface area contributed by atoms with Crippen LogP contribution in [0.2, 0.25) is 0 Å². The van der Waals surface area contributed by atoms with Crippen LogP contribution in [0.5, 0.6) is 0 Å². The number of nitrogens with one attached hydrogen (secondary N) is 3. The lowest BCUT2D eigenvalue weighted by Crippen LogP contribution is -2.17. The maximum Gasteiger partial charge on any atom is 0.287 e. The van der Waals surface area contributed by atoms with Crippen LogP contribution < -0.4 is 16.2 Å². The predicted octanol–water partition coefficient (Wildman–Crippen LogP) is 4.64. The van der Waals surface area contributed by atoms with Gasteiger partial charge >= 0.3 is 0 Å². The van der Waals surface area contributed by atoms with Crippen molar-refractivity contribution in [2.24, 2.45) is 0 Å². The number of aliphatic hydroxyl groups is 1. The van der Waals surface area contributed by atoms with Crippen molar-refractivity contribution >= 4 is 34.4 Å². The summed E-state index contributed by atoms with van der Waals surface area (Å²) >= 11 is 1.37. The number of aromatic amines is 1. The van der Waals surface area contributed by atoms with E-state index in [0.29, 0.717) is 40.8 Å². The number of aromatic nitrogens is 3. The standard InChI is InChI=1S/C29H29FN6O3S/c1-36-10-2-3-24(36)17-5-9-27(31-15-17)32-23-14-21(34-35-28(23)38)16-4-7-20(30)22(12-16)33-29(39)26-13-18-11-19(37)6-8-25(18)40-26/h4-5,7,9,12-15,19,24,37H,2-3,6,8,10-11H2,1H3,(H,33,39)(H,35,38)(H,31,32,34). The summed E-state index contributed by atoms with van der Waals surface area (Å²) in [5.74, 6) is -0.487. The minimum Gasteiger partial charge on any atom is -0.393 e. The summed E-state index contributed by atoms with van der Waals surface area (Å²) < 4.78 is 14.7. The lowest BCUT2D eigenvalue weighted by molar-refractivity contribution is 0.102. The van der Waals surface area contributed by atoms with E-state index in [1.54, 1.807) is 12.1 Å².